The molecule has 0 aromatic rings. The van der Waals surface area contributed by atoms with Crippen molar-refractivity contribution in [3.8, 4) is 0 Å². The second-order valence-electron chi connectivity index (χ2n) is 3.86. The van der Waals surface area contributed by atoms with Crippen LogP contribution in [0.3, 0.4) is 0 Å². The zero-order valence-electron chi connectivity index (χ0n) is 9.16. The zero-order chi connectivity index (χ0) is 11.3. The maximum Gasteiger partial charge on any atom is 0.251 e. The van der Waals surface area contributed by atoms with Crippen LogP contribution < -0.4 is 5.32 Å². The summed E-state index contributed by atoms with van der Waals surface area (Å²) < 4.78 is 10.4. The SMILES string of the molecule is CC(Cl)CC(C)NC(=O)C1COCCO1. The van der Waals surface area contributed by atoms with E-state index >= 15 is 0 Å². The summed E-state index contributed by atoms with van der Waals surface area (Å²) in [5.74, 6) is -0.112. The highest BCUT2D eigenvalue weighted by Gasteiger charge is 2.23. The van der Waals surface area contributed by atoms with E-state index in [0.29, 0.717) is 19.8 Å². The number of carbonyl (C=O) groups is 1. The molecule has 0 bridgehead atoms. The molecule has 1 N–H and O–H groups in total. The lowest BCUT2D eigenvalue weighted by Crippen LogP contribution is -2.46. The van der Waals surface area contributed by atoms with Crippen molar-refractivity contribution >= 4 is 17.5 Å². The third-order valence-corrected chi connectivity index (χ3v) is 2.35. The Kier molecular flexibility index (Phi) is 5.36. The Morgan fingerprint density at radius 2 is 2.27 bits per heavy atom. The van der Waals surface area contributed by atoms with Gasteiger partial charge in [0.15, 0.2) is 6.10 Å². The average molecular weight is 236 g/mol. The van der Waals surface area contributed by atoms with Crippen LogP contribution in [0.5, 0.6) is 0 Å². The summed E-state index contributed by atoms with van der Waals surface area (Å²) in [6.45, 7) is 5.23. The van der Waals surface area contributed by atoms with Crippen LogP contribution in [0.1, 0.15) is 20.3 Å². The Morgan fingerprint density at radius 1 is 1.53 bits per heavy atom. The molecule has 0 radical (unpaired) electrons. The van der Waals surface area contributed by atoms with Crippen molar-refractivity contribution in [1.82, 2.24) is 5.32 Å². The van der Waals surface area contributed by atoms with Gasteiger partial charge < -0.3 is 14.8 Å². The third kappa shape index (κ3) is 4.82. The Morgan fingerprint density at radius 3 is 2.80 bits per heavy atom. The number of halogens is 1. The monoisotopic (exact) mass is 235 g/mol. The van der Waals surface area contributed by atoms with Gasteiger partial charge in [0.05, 0.1) is 19.8 Å². The number of rotatable bonds is 4. The maximum atomic E-state index is 11.6. The molecule has 1 aliphatic rings. The van der Waals surface area contributed by atoms with Crippen LogP contribution in [-0.4, -0.2) is 43.3 Å². The van der Waals surface area contributed by atoms with Gasteiger partial charge in [0.1, 0.15) is 0 Å². The molecule has 0 aromatic heterocycles. The van der Waals surface area contributed by atoms with Gasteiger partial charge in [-0.15, -0.1) is 11.6 Å². The summed E-state index contributed by atoms with van der Waals surface area (Å²) in [5.41, 5.74) is 0. The smallest absolute Gasteiger partial charge is 0.251 e. The molecular formula is C10H18ClNO3. The van der Waals surface area contributed by atoms with Crippen molar-refractivity contribution in [2.75, 3.05) is 19.8 Å². The first-order valence-electron chi connectivity index (χ1n) is 5.23. The lowest BCUT2D eigenvalue weighted by Gasteiger charge is -2.24. The fourth-order valence-corrected chi connectivity index (χ4v) is 1.79. The quantitative estimate of drug-likeness (QED) is 0.738. The molecule has 1 aliphatic heterocycles. The number of nitrogens with one attached hydrogen (secondary N) is 1. The van der Waals surface area contributed by atoms with Crippen molar-refractivity contribution in [2.45, 2.75) is 37.8 Å². The minimum atomic E-state index is -0.466. The molecule has 15 heavy (non-hydrogen) atoms. The molecule has 0 aromatic carbocycles. The molecule has 0 saturated carbocycles. The molecule has 3 atom stereocenters. The average Bonchev–Trinajstić information content (AvgIpc) is 2.17. The van der Waals surface area contributed by atoms with Crippen molar-refractivity contribution in [2.24, 2.45) is 0 Å². The van der Waals surface area contributed by atoms with Crippen molar-refractivity contribution in [1.29, 1.82) is 0 Å². The van der Waals surface area contributed by atoms with E-state index in [2.05, 4.69) is 5.32 Å². The molecule has 0 aliphatic carbocycles. The van der Waals surface area contributed by atoms with Gasteiger partial charge in [-0.05, 0) is 20.3 Å². The van der Waals surface area contributed by atoms with Gasteiger partial charge in [-0.3, -0.25) is 4.79 Å². The number of carbonyl (C=O) groups excluding carboxylic acids is 1. The highest BCUT2D eigenvalue weighted by Crippen LogP contribution is 2.06. The molecule has 1 fully saturated rings. The minimum Gasteiger partial charge on any atom is -0.376 e. The summed E-state index contributed by atoms with van der Waals surface area (Å²) >= 11 is 5.83. The second-order valence-corrected chi connectivity index (χ2v) is 4.61. The van der Waals surface area contributed by atoms with Crippen molar-refractivity contribution < 1.29 is 14.3 Å². The van der Waals surface area contributed by atoms with Crippen molar-refractivity contribution in [3.63, 3.8) is 0 Å². The number of alkyl halides is 1. The largest absolute Gasteiger partial charge is 0.376 e. The Hall–Kier alpha value is -0.320. The fraction of sp³-hybridized carbons (Fsp3) is 0.900. The first-order chi connectivity index (χ1) is 7.09. The van der Waals surface area contributed by atoms with E-state index in [1.54, 1.807) is 0 Å². The summed E-state index contributed by atoms with van der Waals surface area (Å²) in [4.78, 5) is 11.6. The van der Waals surface area contributed by atoms with Crippen molar-refractivity contribution in [3.05, 3.63) is 0 Å². The van der Waals surface area contributed by atoms with Crippen LogP contribution in [0.25, 0.3) is 0 Å². The van der Waals surface area contributed by atoms with Gasteiger partial charge in [0.2, 0.25) is 0 Å². The number of hydrogen-bond donors (Lipinski definition) is 1. The van der Waals surface area contributed by atoms with Gasteiger partial charge in [-0.25, -0.2) is 0 Å². The molecule has 0 spiro atoms. The van der Waals surface area contributed by atoms with Crippen LogP contribution in [0.4, 0.5) is 0 Å². The Bertz CT molecular complexity index is 205. The van der Waals surface area contributed by atoms with E-state index < -0.39 is 6.10 Å². The molecule has 3 unspecified atom stereocenters. The number of hydrogen-bond acceptors (Lipinski definition) is 3. The standard InChI is InChI=1S/C10H18ClNO3/c1-7(11)5-8(2)12-10(13)9-6-14-3-4-15-9/h7-9H,3-6H2,1-2H3,(H,12,13). The van der Waals surface area contributed by atoms with E-state index in [9.17, 15) is 4.79 Å². The lowest BCUT2D eigenvalue weighted by atomic mass is 10.2. The predicted octanol–water partition coefficient (Wildman–Crippen LogP) is 0.924. The Balaban J connectivity index is 2.27. The molecule has 1 heterocycles. The predicted molar refractivity (Wildman–Crippen MR) is 58.1 cm³/mol. The van der Waals surface area contributed by atoms with Gasteiger partial charge in [0.25, 0.3) is 5.91 Å². The molecule has 1 amide bonds. The third-order valence-electron chi connectivity index (χ3n) is 2.18. The number of amides is 1. The van der Waals surface area contributed by atoms with E-state index in [1.165, 1.54) is 0 Å². The van der Waals surface area contributed by atoms with E-state index in [0.717, 1.165) is 6.42 Å². The molecule has 5 heteroatoms. The van der Waals surface area contributed by atoms with Crippen LogP contribution in [0.15, 0.2) is 0 Å². The van der Waals surface area contributed by atoms with E-state index in [4.69, 9.17) is 21.1 Å². The number of ether oxygens (including phenoxy) is 2. The first kappa shape index (κ1) is 12.7. The lowest BCUT2D eigenvalue weighted by molar-refractivity contribution is -0.148. The molecule has 1 saturated heterocycles. The fourth-order valence-electron chi connectivity index (χ4n) is 1.52. The first-order valence-corrected chi connectivity index (χ1v) is 5.67. The van der Waals surface area contributed by atoms with E-state index in [-0.39, 0.29) is 17.3 Å². The van der Waals surface area contributed by atoms with Crippen LogP contribution >= 0.6 is 11.6 Å². The van der Waals surface area contributed by atoms with Gasteiger partial charge >= 0.3 is 0 Å². The highest BCUT2D eigenvalue weighted by molar-refractivity contribution is 6.20. The minimum absolute atomic E-state index is 0.0591. The van der Waals surface area contributed by atoms with Gasteiger partial charge in [-0.1, -0.05) is 0 Å². The second kappa shape index (κ2) is 6.30. The molecule has 4 nitrogen and oxygen atoms in total. The maximum absolute atomic E-state index is 11.6. The zero-order valence-corrected chi connectivity index (χ0v) is 9.92. The summed E-state index contributed by atoms with van der Waals surface area (Å²) in [6.07, 6.45) is 0.285. The Labute approximate surface area is 95.3 Å². The van der Waals surface area contributed by atoms with E-state index in [1.807, 2.05) is 13.8 Å². The van der Waals surface area contributed by atoms with Gasteiger partial charge in [0, 0.05) is 11.4 Å². The summed E-state index contributed by atoms with van der Waals surface area (Å²) in [6, 6.07) is 0.0653. The topological polar surface area (TPSA) is 47.6 Å². The normalized spacial score (nSPS) is 25.7. The van der Waals surface area contributed by atoms with Crippen LogP contribution in [0, 0.1) is 0 Å². The van der Waals surface area contributed by atoms with Crippen LogP contribution in [-0.2, 0) is 14.3 Å². The summed E-state index contributed by atoms with van der Waals surface area (Å²) in [5, 5.41) is 2.91. The van der Waals surface area contributed by atoms with Crippen LogP contribution in [0.2, 0.25) is 0 Å². The molecule has 1 rings (SSSR count). The molecule has 88 valence electrons. The highest BCUT2D eigenvalue weighted by atomic mass is 35.5. The molecular weight excluding hydrogens is 218 g/mol. The summed E-state index contributed by atoms with van der Waals surface area (Å²) in [7, 11) is 0. The van der Waals surface area contributed by atoms with Gasteiger partial charge in [-0.2, -0.15) is 0 Å².